The fourth-order valence-corrected chi connectivity index (χ4v) is 2.28. The number of nitrogens with one attached hydrogen (secondary N) is 1. The number of ether oxygens (including phenoxy) is 1. The Labute approximate surface area is 105 Å². The summed E-state index contributed by atoms with van der Waals surface area (Å²) < 4.78 is 4.86. The molecule has 0 saturated carbocycles. The Morgan fingerprint density at radius 3 is 2.65 bits per heavy atom. The maximum Gasteiger partial charge on any atom is 0.322 e. The molecule has 1 fully saturated rings. The average Bonchev–Trinajstić information content (AvgIpc) is 2.36. The molecule has 1 N–H and O–H groups in total. The highest BCUT2D eigenvalue weighted by Gasteiger charge is 2.24. The number of carbonyl (C=O) groups is 1. The van der Waals surface area contributed by atoms with Crippen LogP contribution in [0.25, 0.3) is 0 Å². The van der Waals surface area contributed by atoms with Gasteiger partial charge in [-0.25, -0.2) is 0 Å². The maximum atomic E-state index is 11.7. The fourth-order valence-electron chi connectivity index (χ4n) is 2.28. The van der Waals surface area contributed by atoms with E-state index in [-0.39, 0.29) is 12.0 Å². The summed E-state index contributed by atoms with van der Waals surface area (Å²) in [4.78, 5) is 14.0. The van der Waals surface area contributed by atoms with Gasteiger partial charge in [-0.2, -0.15) is 0 Å². The van der Waals surface area contributed by atoms with Crippen LogP contribution in [0.15, 0.2) is 0 Å². The molecule has 1 saturated heterocycles. The van der Waals surface area contributed by atoms with Gasteiger partial charge >= 0.3 is 5.97 Å². The van der Waals surface area contributed by atoms with Crippen LogP contribution in [0.2, 0.25) is 0 Å². The van der Waals surface area contributed by atoms with Gasteiger partial charge in [0.2, 0.25) is 0 Å². The van der Waals surface area contributed by atoms with Crippen molar-refractivity contribution in [2.24, 2.45) is 0 Å². The van der Waals surface area contributed by atoms with Crippen LogP contribution in [-0.4, -0.2) is 50.2 Å². The molecule has 0 amide bonds. The molecule has 1 rings (SSSR count). The Balaban J connectivity index is 2.39. The SMILES string of the molecule is CCCCC(NC1CCN(C)CC1)C(=O)OC. The summed E-state index contributed by atoms with van der Waals surface area (Å²) in [6.07, 6.45) is 5.31. The quantitative estimate of drug-likeness (QED) is 0.715. The van der Waals surface area contributed by atoms with Crippen molar-refractivity contribution in [1.82, 2.24) is 10.2 Å². The molecule has 1 unspecified atom stereocenters. The Morgan fingerprint density at radius 2 is 2.12 bits per heavy atom. The van der Waals surface area contributed by atoms with E-state index in [0.717, 1.165) is 45.2 Å². The number of hydrogen-bond donors (Lipinski definition) is 1. The Hall–Kier alpha value is -0.610. The van der Waals surface area contributed by atoms with E-state index < -0.39 is 0 Å². The highest BCUT2D eigenvalue weighted by Crippen LogP contribution is 2.11. The van der Waals surface area contributed by atoms with Crippen molar-refractivity contribution in [2.75, 3.05) is 27.2 Å². The zero-order valence-electron chi connectivity index (χ0n) is 11.4. The number of methoxy groups -OCH3 is 1. The summed E-state index contributed by atoms with van der Waals surface area (Å²) >= 11 is 0. The fraction of sp³-hybridized carbons (Fsp3) is 0.923. The number of piperidine rings is 1. The maximum absolute atomic E-state index is 11.7. The van der Waals surface area contributed by atoms with Crippen LogP contribution in [-0.2, 0) is 9.53 Å². The topological polar surface area (TPSA) is 41.6 Å². The molecular weight excluding hydrogens is 216 g/mol. The summed E-state index contributed by atoms with van der Waals surface area (Å²) in [6.45, 7) is 4.36. The molecule has 4 nitrogen and oxygen atoms in total. The van der Waals surface area contributed by atoms with Gasteiger partial charge in [0.15, 0.2) is 0 Å². The molecule has 0 aromatic rings. The molecule has 0 aromatic heterocycles. The number of unbranched alkanes of at least 4 members (excludes halogenated alkanes) is 1. The molecule has 4 heteroatoms. The molecule has 0 aromatic carbocycles. The van der Waals surface area contributed by atoms with Crippen LogP contribution in [0.4, 0.5) is 0 Å². The van der Waals surface area contributed by atoms with E-state index in [4.69, 9.17) is 4.74 Å². The third-order valence-corrected chi connectivity index (χ3v) is 3.49. The van der Waals surface area contributed by atoms with Gasteiger partial charge < -0.3 is 15.0 Å². The molecular formula is C13H26N2O2. The normalized spacial score (nSPS) is 20.2. The number of likely N-dealkylation sites (tertiary alicyclic amines) is 1. The first-order chi connectivity index (χ1) is 8.17. The van der Waals surface area contributed by atoms with Crippen LogP contribution >= 0.6 is 0 Å². The van der Waals surface area contributed by atoms with Crippen molar-refractivity contribution in [3.8, 4) is 0 Å². The van der Waals surface area contributed by atoms with Crippen molar-refractivity contribution < 1.29 is 9.53 Å². The molecule has 100 valence electrons. The van der Waals surface area contributed by atoms with E-state index in [1.165, 1.54) is 7.11 Å². The first-order valence-electron chi connectivity index (χ1n) is 6.69. The Bertz CT molecular complexity index is 225. The lowest BCUT2D eigenvalue weighted by Crippen LogP contribution is -2.48. The van der Waals surface area contributed by atoms with Gasteiger partial charge in [0.25, 0.3) is 0 Å². The van der Waals surface area contributed by atoms with Crippen molar-refractivity contribution in [1.29, 1.82) is 0 Å². The zero-order chi connectivity index (χ0) is 12.7. The van der Waals surface area contributed by atoms with Gasteiger partial charge in [-0.1, -0.05) is 19.8 Å². The van der Waals surface area contributed by atoms with Gasteiger partial charge in [-0.15, -0.1) is 0 Å². The molecule has 1 aliphatic heterocycles. The van der Waals surface area contributed by atoms with E-state index in [0.29, 0.717) is 6.04 Å². The van der Waals surface area contributed by atoms with Crippen LogP contribution in [0.3, 0.4) is 0 Å². The molecule has 1 heterocycles. The largest absolute Gasteiger partial charge is 0.468 e. The first kappa shape index (κ1) is 14.5. The summed E-state index contributed by atoms with van der Waals surface area (Å²) in [5, 5.41) is 3.46. The Morgan fingerprint density at radius 1 is 1.47 bits per heavy atom. The predicted molar refractivity (Wildman–Crippen MR) is 69.0 cm³/mol. The minimum atomic E-state index is -0.117. The van der Waals surface area contributed by atoms with E-state index in [1.54, 1.807) is 0 Å². The first-order valence-corrected chi connectivity index (χ1v) is 6.69. The molecule has 1 aliphatic rings. The Kier molecular flexibility index (Phi) is 6.52. The van der Waals surface area contributed by atoms with Gasteiger partial charge in [0, 0.05) is 6.04 Å². The lowest BCUT2D eigenvalue weighted by atomic mass is 10.0. The highest BCUT2D eigenvalue weighted by molar-refractivity contribution is 5.75. The molecule has 0 spiro atoms. The van der Waals surface area contributed by atoms with E-state index in [2.05, 4.69) is 24.2 Å². The average molecular weight is 242 g/mol. The second-order valence-electron chi connectivity index (χ2n) is 4.96. The van der Waals surface area contributed by atoms with Crippen molar-refractivity contribution >= 4 is 5.97 Å². The third-order valence-electron chi connectivity index (χ3n) is 3.49. The third kappa shape index (κ3) is 5.04. The van der Waals surface area contributed by atoms with E-state index >= 15 is 0 Å². The molecule has 0 bridgehead atoms. The summed E-state index contributed by atoms with van der Waals surface area (Å²) in [7, 11) is 3.61. The molecule has 17 heavy (non-hydrogen) atoms. The second kappa shape index (κ2) is 7.67. The van der Waals surface area contributed by atoms with Gasteiger partial charge in [0.05, 0.1) is 7.11 Å². The number of hydrogen-bond acceptors (Lipinski definition) is 4. The summed E-state index contributed by atoms with van der Waals surface area (Å²) in [5.41, 5.74) is 0. The van der Waals surface area contributed by atoms with Gasteiger partial charge in [-0.05, 0) is 39.4 Å². The van der Waals surface area contributed by atoms with Crippen LogP contribution in [0, 0.1) is 0 Å². The van der Waals surface area contributed by atoms with Crippen LogP contribution in [0.1, 0.15) is 39.0 Å². The minimum Gasteiger partial charge on any atom is -0.468 e. The number of nitrogens with zero attached hydrogens (tertiary/aromatic N) is 1. The summed E-state index contributed by atoms with van der Waals surface area (Å²) in [6, 6.07) is 0.348. The smallest absolute Gasteiger partial charge is 0.322 e. The second-order valence-corrected chi connectivity index (χ2v) is 4.96. The number of carbonyl (C=O) groups excluding carboxylic acids is 1. The lowest BCUT2D eigenvalue weighted by Gasteiger charge is -2.31. The number of esters is 1. The minimum absolute atomic E-state index is 0.114. The zero-order valence-corrected chi connectivity index (χ0v) is 11.4. The monoisotopic (exact) mass is 242 g/mol. The van der Waals surface area contributed by atoms with Gasteiger partial charge in [-0.3, -0.25) is 4.79 Å². The highest BCUT2D eigenvalue weighted by atomic mass is 16.5. The van der Waals surface area contributed by atoms with Crippen LogP contribution < -0.4 is 5.32 Å². The van der Waals surface area contributed by atoms with E-state index in [1.807, 2.05) is 0 Å². The summed E-state index contributed by atoms with van der Waals surface area (Å²) in [5.74, 6) is -0.114. The predicted octanol–water partition coefficient (Wildman–Crippen LogP) is 1.40. The lowest BCUT2D eigenvalue weighted by molar-refractivity contribution is -0.143. The molecule has 0 radical (unpaired) electrons. The molecule has 0 aliphatic carbocycles. The standard InChI is InChI=1S/C13H26N2O2/c1-4-5-6-12(13(16)17-3)14-11-7-9-15(2)10-8-11/h11-12,14H,4-10H2,1-3H3. The number of rotatable bonds is 6. The molecule has 1 atom stereocenters. The van der Waals surface area contributed by atoms with Gasteiger partial charge in [0.1, 0.15) is 6.04 Å². The van der Waals surface area contributed by atoms with Crippen LogP contribution in [0.5, 0.6) is 0 Å². The van der Waals surface area contributed by atoms with Crippen molar-refractivity contribution in [3.05, 3.63) is 0 Å². The van der Waals surface area contributed by atoms with Crippen molar-refractivity contribution in [3.63, 3.8) is 0 Å². The van der Waals surface area contributed by atoms with E-state index in [9.17, 15) is 4.79 Å². The van der Waals surface area contributed by atoms with Crippen molar-refractivity contribution in [2.45, 2.75) is 51.1 Å².